The lowest BCUT2D eigenvalue weighted by molar-refractivity contribution is 0.0940. The average Bonchev–Trinajstić information content (AvgIpc) is 3.19. The molecule has 0 radical (unpaired) electrons. The number of likely N-dealkylation sites (N-methyl/N-ethyl adjacent to an activating group) is 1. The first-order chi connectivity index (χ1) is 27.4. The number of urea groups is 1. The van der Waals surface area contributed by atoms with Gasteiger partial charge in [-0.2, -0.15) is 4.98 Å². The number of hydrogen-bond donors (Lipinski definition) is 5. The molecule has 5 aromatic rings. The number of aromatic nitrogens is 2. The second-order valence-corrected chi connectivity index (χ2v) is 15.3. The molecular formula is C42H51N9O5S. The monoisotopic (exact) mass is 793 g/mol. The fraction of sp³-hybridized carbons (Fsp3) is 0.333. The number of nitrogens with one attached hydrogen (secondary N) is 5. The smallest absolute Gasteiger partial charge is 0.323 e. The predicted octanol–water partition coefficient (Wildman–Crippen LogP) is 7.79. The highest BCUT2D eigenvalue weighted by molar-refractivity contribution is 7.99. The number of hydrogen-bond acceptors (Lipinski definition) is 12. The number of benzene rings is 4. The van der Waals surface area contributed by atoms with E-state index < -0.39 is 6.03 Å². The maximum atomic E-state index is 13.5. The van der Waals surface area contributed by atoms with Gasteiger partial charge in [0.15, 0.2) is 5.75 Å². The highest BCUT2D eigenvalue weighted by atomic mass is 32.2. The van der Waals surface area contributed by atoms with Crippen LogP contribution in [0, 0.1) is 0 Å². The molecule has 1 saturated heterocycles. The Labute approximate surface area is 338 Å². The molecule has 0 saturated carbocycles. The molecule has 14 nitrogen and oxygen atoms in total. The first-order valence-electron chi connectivity index (χ1n) is 18.7. The molecule has 0 aliphatic carbocycles. The summed E-state index contributed by atoms with van der Waals surface area (Å²) < 4.78 is 20.8. The molecule has 1 aliphatic rings. The van der Waals surface area contributed by atoms with Gasteiger partial charge in [0.1, 0.15) is 11.5 Å². The van der Waals surface area contributed by atoms with E-state index in [4.69, 9.17) is 14.2 Å². The number of piperazine rings is 1. The predicted molar refractivity (Wildman–Crippen MR) is 230 cm³/mol. The lowest BCUT2D eigenvalue weighted by Crippen LogP contribution is -2.46. The van der Waals surface area contributed by atoms with Gasteiger partial charge in [0.05, 0.1) is 31.3 Å². The normalized spacial score (nSPS) is 13.5. The second kappa shape index (κ2) is 18.4. The van der Waals surface area contributed by atoms with Crippen LogP contribution < -0.4 is 40.2 Å². The third kappa shape index (κ3) is 10.6. The first-order valence-corrected chi connectivity index (χ1v) is 19.9. The molecule has 57 heavy (non-hydrogen) atoms. The van der Waals surface area contributed by atoms with Gasteiger partial charge in [0.25, 0.3) is 5.91 Å². The molecule has 15 heteroatoms. The molecule has 300 valence electrons. The summed E-state index contributed by atoms with van der Waals surface area (Å²) in [7, 11) is 5.26. The van der Waals surface area contributed by atoms with Crippen molar-refractivity contribution in [1.29, 1.82) is 0 Å². The summed E-state index contributed by atoms with van der Waals surface area (Å²) in [4.78, 5) is 40.3. The summed E-state index contributed by atoms with van der Waals surface area (Å²) >= 11 is 1.44. The highest BCUT2D eigenvalue weighted by Crippen LogP contribution is 2.40. The molecule has 0 bridgehead atoms. The maximum absolute atomic E-state index is 13.5. The van der Waals surface area contributed by atoms with Crippen LogP contribution in [-0.2, 0) is 5.41 Å². The minimum atomic E-state index is -0.427. The molecule has 4 aromatic carbocycles. The molecule has 1 aromatic heterocycles. The molecule has 3 amide bonds. The maximum Gasteiger partial charge on any atom is 0.323 e. The summed E-state index contributed by atoms with van der Waals surface area (Å²) in [5, 5.41) is 13.7. The molecule has 5 N–H and O–H groups in total. The van der Waals surface area contributed by atoms with Crippen molar-refractivity contribution >= 4 is 63.4 Å². The van der Waals surface area contributed by atoms with E-state index in [0.29, 0.717) is 52.3 Å². The van der Waals surface area contributed by atoms with Crippen molar-refractivity contribution in [2.24, 2.45) is 0 Å². The van der Waals surface area contributed by atoms with Crippen molar-refractivity contribution in [2.45, 2.75) is 26.2 Å². The van der Waals surface area contributed by atoms with Gasteiger partial charge in [-0.15, -0.1) is 0 Å². The molecule has 0 spiro atoms. The number of amides is 3. The number of fused-ring (bicyclic) bond motifs is 1. The average molecular weight is 794 g/mol. The van der Waals surface area contributed by atoms with Crippen LogP contribution >= 0.6 is 11.9 Å². The Morgan fingerprint density at radius 1 is 0.860 bits per heavy atom. The van der Waals surface area contributed by atoms with E-state index in [9.17, 15) is 9.59 Å². The van der Waals surface area contributed by atoms with E-state index in [1.165, 1.54) is 11.9 Å². The number of carbonyl (C=O) groups excluding carboxylic acids is 2. The van der Waals surface area contributed by atoms with Gasteiger partial charge in [-0.3, -0.25) is 9.69 Å². The summed E-state index contributed by atoms with van der Waals surface area (Å²) in [6.45, 7) is 11.7. The molecule has 0 atom stereocenters. The first kappa shape index (κ1) is 40.9. The Bertz CT molecular complexity index is 2210. The van der Waals surface area contributed by atoms with Crippen LogP contribution in [-0.4, -0.2) is 98.5 Å². The molecular weight excluding hydrogens is 743 g/mol. The standard InChI is InChI=1S/C42H51N9O5S/c1-42(2,3)28-24-34(38(55-6)35(25-28)49-57-7)47-41(53)46-33-12-13-36(32-11-9-8-10-31(32)33)56-37-14-15-44-40(48-37)45-29-22-27(23-30(26-29)54-5)39(52)43-16-17-51-20-18-50(4)19-21-51/h8-15,22-26,49H,16-21H2,1-7H3,(H,43,52)(H,44,45,48)(H2,46,47,53). The largest absolute Gasteiger partial charge is 0.497 e. The van der Waals surface area contributed by atoms with E-state index in [2.05, 4.69) is 73.6 Å². The van der Waals surface area contributed by atoms with Crippen molar-refractivity contribution in [1.82, 2.24) is 25.1 Å². The summed E-state index contributed by atoms with van der Waals surface area (Å²) in [5.41, 5.74) is 3.80. The number of nitrogens with zero attached hydrogens (tertiary/aromatic N) is 4. The zero-order valence-electron chi connectivity index (χ0n) is 33.5. The zero-order valence-corrected chi connectivity index (χ0v) is 34.3. The van der Waals surface area contributed by atoms with E-state index in [1.807, 2.05) is 42.7 Å². The minimum absolute atomic E-state index is 0.165. The van der Waals surface area contributed by atoms with Crippen LogP contribution in [0.4, 0.5) is 33.5 Å². The molecule has 1 aliphatic heterocycles. The van der Waals surface area contributed by atoms with Crippen molar-refractivity contribution in [3.63, 3.8) is 0 Å². The third-order valence-corrected chi connectivity index (χ3v) is 9.99. The minimum Gasteiger partial charge on any atom is -0.497 e. The fourth-order valence-electron chi connectivity index (χ4n) is 6.43. The second-order valence-electron chi connectivity index (χ2n) is 14.7. The Hall–Kier alpha value is -5.77. The quantitative estimate of drug-likeness (QED) is 0.0698. The van der Waals surface area contributed by atoms with E-state index >= 15 is 0 Å². The van der Waals surface area contributed by atoms with Gasteiger partial charge in [0, 0.05) is 85.9 Å². The molecule has 6 rings (SSSR count). The van der Waals surface area contributed by atoms with Crippen LogP contribution in [0.2, 0.25) is 0 Å². The van der Waals surface area contributed by atoms with Gasteiger partial charge in [-0.25, -0.2) is 9.78 Å². The van der Waals surface area contributed by atoms with E-state index in [-0.39, 0.29) is 17.3 Å². The summed E-state index contributed by atoms with van der Waals surface area (Å²) in [6, 6.07) is 21.6. The van der Waals surface area contributed by atoms with Crippen LogP contribution in [0.15, 0.2) is 79.0 Å². The number of rotatable bonds is 14. The summed E-state index contributed by atoms with van der Waals surface area (Å²) in [6.07, 6.45) is 3.52. The fourth-order valence-corrected chi connectivity index (χ4v) is 6.80. The topological polar surface area (TPSA) is 154 Å². The number of carbonyl (C=O) groups is 2. The third-order valence-electron chi connectivity index (χ3n) is 9.57. The Morgan fingerprint density at radius 2 is 1.60 bits per heavy atom. The van der Waals surface area contributed by atoms with Crippen LogP contribution in [0.5, 0.6) is 23.1 Å². The van der Waals surface area contributed by atoms with Crippen molar-refractivity contribution < 1.29 is 23.8 Å². The van der Waals surface area contributed by atoms with Crippen LogP contribution in [0.3, 0.4) is 0 Å². The van der Waals surface area contributed by atoms with Crippen LogP contribution in [0.25, 0.3) is 10.8 Å². The van der Waals surface area contributed by atoms with E-state index in [1.54, 1.807) is 56.8 Å². The van der Waals surface area contributed by atoms with Crippen molar-refractivity contribution in [2.75, 3.05) is 87.5 Å². The summed E-state index contributed by atoms with van der Waals surface area (Å²) in [5.74, 6) is 1.94. The van der Waals surface area contributed by atoms with Gasteiger partial charge in [-0.1, -0.05) is 57.0 Å². The van der Waals surface area contributed by atoms with Gasteiger partial charge in [-0.05, 0) is 54.4 Å². The lowest BCUT2D eigenvalue weighted by Gasteiger charge is -2.32. The Morgan fingerprint density at radius 3 is 2.32 bits per heavy atom. The molecule has 2 heterocycles. The Kier molecular flexibility index (Phi) is 13.2. The SMILES string of the molecule is COc1cc(Nc2nccc(Oc3ccc(NC(=O)Nc4cc(C(C)(C)C)cc(NSC)c4OC)c4ccccc34)n2)cc(C(=O)NCCN2CCN(C)CC2)c1. The molecule has 0 unspecified atom stereocenters. The number of ether oxygens (including phenoxy) is 3. The van der Waals surface area contributed by atoms with E-state index in [0.717, 1.165) is 54.7 Å². The zero-order chi connectivity index (χ0) is 40.5. The molecule has 1 fully saturated rings. The van der Waals surface area contributed by atoms with Crippen molar-refractivity contribution in [3.05, 3.63) is 90.1 Å². The number of anilines is 5. The highest BCUT2D eigenvalue weighted by Gasteiger charge is 2.22. The Balaban J connectivity index is 1.15. The lowest BCUT2D eigenvalue weighted by atomic mass is 9.86. The number of methoxy groups -OCH3 is 2. The van der Waals surface area contributed by atoms with Gasteiger partial charge < -0.3 is 45.1 Å². The van der Waals surface area contributed by atoms with Gasteiger partial charge in [0.2, 0.25) is 11.8 Å². The van der Waals surface area contributed by atoms with Gasteiger partial charge >= 0.3 is 6.03 Å². The van der Waals surface area contributed by atoms with Crippen LogP contribution in [0.1, 0.15) is 36.7 Å². The van der Waals surface area contributed by atoms with Crippen molar-refractivity contribution in [3.8, 4) is 23.1 Å².